The maximum absolute atomic E-state index is 16.8. The lowest BCUT2D eigenvalue weighted by atomic mass is 9.93. The number of hydrogen-bond donors (Lipinski definition) is 1. The minimum absolute atomic E-state index is 0.0315. The Morgan fingerprint density at radius 3 is 2.61 bits per heavy atom. The van der Waals surface area contributed by atoms with E-state index < -0.39 is 43.7 Å². The van der Waals surface area contributed by atoms with Crippen LogP contribution in [0.4, 0.5) is 19.0 Å². The minimum atomic E-state index is -3.26. The van der Waals surface area contributed by atoms with Crippen LogP contribution >= 0.6 is 0 Å². The van der Waals surface area contributed by atoms with Gasteiger partial charge in [0.15, 0.2) is 15.7 Å². The molecule has 12 heteroatoms. The Balaban J connectivity index is 1.28. The number of aromatic hydroxyl groups is 1. The fourth-order valence-corrected chi connectivity index (χ4v) is 10.4. The monoisotopic (exact) mass is 648 g/mol. The molecule has 0 spiro atoms. The first-order valence-corrected chi connectivity index (χ1v) is 17.1. The Bertz CT molecular complexity index is 2070. The maximum Gasteiger partial charge on any atom is 0.319 e. The van der Waals surface area contributed by atoms with E-state index in [1.165, 1.54) is 30.3 Å². The second-order valence-electron chi connectivity index (χ2n) is 13.0. The number of ether oxygens (including phenoxy) is 1. The first-order chi connectivity index (χ1) is 22.1. The van der Waals surface area contributed by atoms with Crippen molar-refractivity contribution in [3.05, 3.63) is 53.6 Å². The van der Waals surface area contributed by atoms with Crippen molar-refractivity contribution in [2.24, 2.45) is 0 Å². The summed E-state index contributed by atoms with van der Waals surface area (Å²) in [5.41, 5.74) is -0.417. The molecule has 2 unspecified atom stereocenters. The maximum atomic E-state index is 16.8. The number of phenolic OH excluding ortho intramolecular Hbond substituents is 1. The molecule has 4 saturated heterocycles. The van der Waals surface area contributed by atoms with Gasteiger partial charge in [-0.3, -0.25) is 4.90 Å². The summed E-state index contributed by atoms with van der Waals surface area (Å²) >= 11 is 0. The predicted octanol–water partition coefficient (Wildman–Crippen LogP) is 5.14. The standard InChI is InChI=1S/C34H31F3N4O4S/c1-2-24-28(36)9-4-19-12-21(42)13-27(29(19)24)25-7-8-26-31(30(25)37)38-33(45-18-34-10-3-11-41(34)15-20(35)14-34)39-32(26)40-16-22-5-6-23(17-40)46(22,43)44/h1,4,7-9,12-13,20,22-23,42H,3,5-6,10-11,14-18H2/t20-,22?,23?,34+/m1/s1. The van der Waals surface area contributed by atoms with Gasteiger partial charge in [0.2, 0.25) is 0 Å². The first kappa shape index (κ1) is 29.3. The van der Waals surface area contributed by atoms with Crippen molar-refractivity contribution in [3.63, 3.8) is 0 Å². The zero-order valence-corrected chi connectivity index (χ0v) is 25.7. The summed E-state index contributed by atoms with van der Waals surface area (Å²) in [7, 11) is -3.26. The molecule has 0 amide bonds. The third-order valence-corrected chi connectivity index (χ3v) is 13.0. The van der Waals surface area contributed by atoms with Gasteiger partial charge in [0.1, 0.15) is 35.7 Å². The van der Waals surface area contributed by atoms with Crippen LogP contribution in [-0.2, 0) is 9.84 Å². The molecule has 4 fully saturated rings. The van der Waals surface area contributed by atoms with Crippen LogP contribution in [0.5, 0.6) is 11.8 Å². The van der Waals surface area contributed by atoms with E-state index in [2.05, 4.69) is 15.8 Å². The van der Waals surface area contributed by atoms with Gasteiger partial charge in [0.25, 0.3) is 0 Å². The molecule has 0 radical (unpaired) electrons. The largest absolute Gasteiger partial charge is 0.508 e. The molecule has 4 atom stereocenters. The van der Waals surface area contributed by atoms with E-state index in [9.17, 15) is 22.3 Å². The van der Waals surface area contributed by atoms with E-state index in [1.807, 2.05) is 4.90 Å². The predicted molar refractivity (Wildman–Crippen MR) is 168 cm³/mol. The average molecular weight is 649 g/mol. The summed E-state index contributed by atoms with van der Waals surface area (Å²) in [5, 5.41) is 10.5. The SMILES string of the molecule is C#Cc1c(F)ccc2cc(O)cc(-c3ccc4c(N5CC6CCC(C5)S6(=O)=O)nc(OC[C@@]56CCCN5C[C@H](F)C6)nc4c3F)c12. The first-order valence-electron chi connectivity index (χ1n) is 15.5. The van der Waals surface area contributed by atoms with E-state index in [0.29, 0.717) is 42.4 Å². The number of nitrogens with zero attached hydrogens (tertiary/aromatic N) is 4. The summed E-state index contributed by atoms with van der Waals surface area (Å²) in [6, 6.07) is 8.49. The molecular formula is C34H31F3N4O4S. The molecule has 4 aliphatic heterocycles. The highest BCUT2D eigenvalue weighted by atomic mass is 32.2. The Morgan fingerprint density at radius 1 is 1.07 bits per heavy atom. The molecule has 0 saturated carbocycles. The Labute approximate surface area is 264 Å². The van der Waals surface area contributed by atoms with E-state index in [4.69, 9.17) is 16.1 Å². The Morgan fingerprint density at radius 2 is 1.85 bits per heavy atom. The second-order valence-corrected chi connectivity index (χ2v) is 15.5. The number of rotatable bonds is 5. The molecule has 1 aromatic heterocycles. The van der Waals surface area contributed by atoms with Crippen molar-refractivity contribution >= 4 is 37.3 Å². The Hall–Kier alpha value is -4.08. The second kappa shape index (κ2) is 10.5. The van der Waals surface area contributed by atoms with Crippen LogP contribution in [0.2, 0.25) is 0 Å². The molecule has 1 N–H and O–H groups in total. The topological polar surface area (TPSA) is 95.9 Å². The number of aromatic nitrogens is 2. The van der Waals surface area contributed by atoms with Gasteiger partial charge >= 0.3 is 6.01 Å². The summed E-state index contributed by atoms with van der Waals surface area (Å²) in [4.78, 5) is 13.2. The number of halogens is 3. The van der Waals surface area contributed by atoms with Crippen LogP contribution in [0.15, 0.2) is 36.4 Å². The lowest BCUT2D eigenvalue weighted by molar-refractivity contribution is 0.107. The van der Waals surface area contributed by atoms with E-state index >= 15 is 4.39 Å². The molecule has 238 valence electrons. The highest BCUT2D eigenvalue weighted by Crippen LogP contribution is 2.43. The Kier molecular flexibility index (Phi) is 6.68. The molecule has 5 heterocycles. The van der Waals surface area contributed by atoms with Gasteiger partial charge in [-0.2, -0.15) is 9.97 Å². The van der Waals surface area contributed by atoms with Crippen molar-refractivity contribution in [1.29, 1.82) is 0 Å². The van der Waals surface area contributed by atoms with E-state index in [-0.39, 0.29) is 59.0 Å². The van der Waals surface area contributed by atoms with Gasteiger partial charge in [-0.1, -0.05) is 18.1 Å². The van der Waals surface area contributed by atoms with Crippen LogP contribution in [0.1, 0.15) is 37.7 Å². The molecule has 4 aromatic rings. The van der Waals surface area contributed by atoms with Gasteiger partial charge < -0.3 is 14.7 Å². The number of terminal acetylenes is 1. The average Bonchev–Trinajstić information content (AvgIpc) is 3.56. The summed E-state index contributed by atoms with van der Waals surface area (Å²) in [6.45, 7) is 1.65. The van der Waals surface area contributed by atoms with Crippen LogP contribution < -0.4 is 9.64 Å². The van der Waals surface area contributed by atoms with Gasteiger partial charge in [-0.05, 0) is 67.4 Å². The number of anilines is 1. The van der Waals surface area contributed by atoms with Crippen molar-refractivity contribution in [3.8, 4) is 35.2 Å². The van der Waals surface area contributed by atoms with Gasteiger partial charge in [-0.25, -0.2) is 21.6 Å². The third kappa shape index (κ3) is 4.42. The summed E-state index contributed by atoms with van der Waals surface area (Å²) in [6.07, 6.45) is 7.82. The zero-order chi connectivity index (χ0) is 32.0. The normalized spacial score (nSPS) is 26.9. The van der Waals surface area contributed by atoms with Crippen molar-refractivity contribution in [1.82, 2.24) is 14.9 Å². The number of alkyl halides is 1. The molecular weight excluding hydrogens is 617 g/mol. The van der Waals surface area contributed by atoms with E-state index in [0.717, 1.165) is 19.4 Å². The molecule has 4 aliphatic rings. The molecule has 3 aromatic carbocycles. The molecule has 0 aliphatic carbocycles. The molecule has 2 bridgehead atoms. The number of phenols is 1. The third-order valence-electron chi connectivity index (χ3n) is 10.4. The van der Waals surface area contributed by atoms with Crippen LogP contribution in [0.25, 0.3) is 32.8 Å². The summed E-state index contributed by atoms with van der Waals surface area (Å²) in [5.74, 6) is 1.14. The van der Waals surface area contributed by atoms with Crippen molar-refractivity contribution < 1.29 is 31.4 Å². The van der Waals surface area contributed by atoms with Gasteiger partial charge in [0.05, 0.1) is 21.6 Å². The zero-order valence-electron chi connectivity index (χ0n) is 24.8. The smallest absolute Gasteiger partial charge is 0.319 e. The van der Waals surface area contributed by atoms with Gasteiger partial charge in [0, 0.05) is 42.4 Å². The molecule has 8 rings (SSSR count). The fourth-order valence-electron chi connectivity index (χ4n) is 8.17. The number of fused-ring (bicyclic) bond motifs is 5. The van der Waals surface area contributed by atoms with E-state index in [1.54, 1.807) is 6.07 Å². The quantitative estimate of drug-likeness (QED) is 0.298. The fraction of sp³-hybridized carbons (Fsp3) is 0.412. The highest BCUT2D eigenvalue weighted by molar-refractivity contribution is 7.93. The number of benzene rings is 3. The lowest BCUT2D eigenvalue weighted by Crippen LogP contribution is -2.47. The van der Waals surface area contributed by atoms with Crippen LogP contribution in [-0.4, -0.2) is 83.4 Å². The summed E-state index contributed by atoms with van der Waals surface area (Å²) < 4.78 is 78.1. The lowest BCUT2D eigenvalue weighted by Gasteiger charge is -2.34. The van der Waals surface area contributed by atoms with Gasteiger partial charge in [-0.15, -0.1) is 6.42 Å². The minimum Gasteiger partial charge on any atom is -0.508 e. The van der Waals surface area contributed by atoms with Crippen LogP contribution in [0.3, 0.4) is 0 Å². The van der Waals surface area contributed by atoms with Crippen LogP contribution in [0, 0.1) is 24.0 Å². The highest BCUT2D eigenvalue weighted by Gasteiger charge is 2.50. The molecule has 8 nitrogen and oxygen atoms in total. The van der Waals surface area contributed by atoms with Crippen molar-refractivity contribution in [2.75, 3.05) is 37.7 Å². The number of sulfone groups is 1. The number of hydrogen-bond acceptors (Lipinski definition) is 8. The van der Waals surface area contributed by atoms with Crippen molar-refractivity contribution in [2.45, 2.75) is 54.3 Å². The molecule has 46 heavy (non-hydrogen) atoms.